The van der Waals surface area contributed by atoms with E-state index in [4.69, 9.17) is 14.4 Å². The molecule has 3 heterocycles. The molecule has 0 saturated heterocycles. The van der Waals surface area contributed by atoms with Crippen LogP contribution in [0.4, 0.5) is 0 Å². The first kappa shape index (κ1) is 22.9. The Morgan fingerprint density at radius 2 is 1.12 bits per heavy atom. The number of benzene rings is 5. The van der Waals surface area contributed by atoms with Gasteiger partial charge < -0.3 is 4.42 Å². The summed E-state index contributed by atoms with van der Waals surface area (Å²) in [5.74, 6) is 0.629. The van der Waals surface area contributed by atoms with Crippen molar-refractivity contribution in [2.75, 3.05) is 0 Å². The first-order chi connectivity index (χ1) is 19.8. The molecule has 0 bridgehead atoms. The molecule has 0 atom stereocenters. The molecule has 4 heteroatoms. The van der Waals surface area contributed by atoms with E-state index in [-0.39, 0.29) is 0 Å². The van der Waals surface area contributed by atoms with Crippen molar-refractivity contribution in [1.82, 2.24) is 9.97 Å². The molecule has 0 radical (unpaired) electrons. The van der Waals surface area contributed by atoms with Crippen LogP contribution in [-0.2, 0) is 0 Å². The average molecular weight is 531 g/mol. The zero-order valence-corrected chi connectivity index (χ0v) is 22.2. The van der Waals surface area contributed by atoms with Crippen LogP contribution in [0.1, 0.15) is 0 Å². The molecule has 0 amide bonds. The molecule has 0 aliphatic carbocycles. The molecular formula is C36H22N2OS. The van der Waals surface area contributed by atoms with Gasteiger partial charge in [-0.3, -0.25) is 0 Å². The Morgan fingerprint density at radius 1 is 0.500 bits per heavy atom. The fraction of sp³-hybridized carbons (Fsp3) is 0. The van der Waals surface area contributed by atoms with E-state index in [1.165, 1.54) is 31.5 Å². The van der Waals surface area contributed by atoms with Crippen molar-refractivity contribution in [3.63, 3.8) is 0 Å². The predicted molar refractivity (Wildman–Crippen MR) is 166 cm³/mol. The molecule has 0 fully saturated rings. The molecule has 188 valence electrons. The van der Waals surface area contributed by atoms with E-state index in [1.54, 1.807) is 0 Å². The highest BCUT2D eigenvalue weighted by atomic mass is 32.1. The summed E-state index contributed by atoms with van der Waals surface area (Å²) >= 11 is 1.84. The largest absolute Gasteiger partial charge is 0.436 e. The third kappa shape index (κ3) is 3.73. The molecule has 3 aromatic heterocycles. The number of hydrogen-bond acceptors (Lipinski definition) is 4. The minimum absolute atomic E-state index is 0.629. The Kier molecular flexibility index (Phi) is 5.32. The number of oxazole rings is 1. The van der Waals surface area contributed by atoms with E-state index in [2.05, 4.69) is 109 Å². The molecular weight excluding hydrogens is 508 g/mol. The maximum absolute atomic E-state index is 6.05. The zero-order chi connectivity index (χ0) is 26.5. The molecule has 0 spiro atoms. The lowest BCUT2D eigenvalue weighted by Gasteiger charge is -2.11. The van der Waals surface area contributed by atoms with Gasteiger partial charge in [0.1, 0.15) is 5.52 Å². The van der Waals surface area contributed by atoms with Gasteiger partial charge in [-0.05, 0) is 41.5 Å². The number of thiophene rings is 1. The number of rotatable bonds is 4. The number of nitrogens with zero attached hydrogens (tertiary/aromatic N) is 2. The van der Waals surface area contributed by atoms with E-state index in [0.29, 0.717) is 5.89 Å². The van der Waals surface area contributed by atoms with Crippen LogP contribution in [0.25, 0.3) is 76.4 Å². The van der Waals surface area contributed by atoms with Crippen LogP contribution in [-0.4, -0.2) is 9.97 Å². The quantitative estimate of drug-likeness (QED) is 0.227. The summed E-state index contributed by atoms with van der Waals surface area (Å²) in [5.41, 5.74) is 9.27. The fourth-order valence-electron chi connectivity index (χ4n) is 5.43. The van der Waals surface area contributed by atoms with E-state index >= 15 is 0 Å². The lowest BCUT2D eigenvalue weighted by atomic mass is 9.94. The van der Waals surface area contributed by atoms with Crippen LogP contribution >= 0.6 is 11.3 Å². The lowest BCUT2D eigenvalue weighted by Crippen LogP contribution is -1.89. The molecule has 8 aromatic rings. The third-order valence-corrected chi connectivity index (χ3v) is 8.60. The van der Waals surface area contributed by atoms with Crippen LogP contribution < -0.4 is 0 Å². The predicted octanol–water partition coefficient (Wildman–Crippen LogP) is 10.3. The summed E-state index contributed by atoms with van der Waals surface area (Å²) < 4.78 is 7.31. The van der Waals surface area contributed by atoms with E-state index < -0.39 is 0 Å². The highest BCUT2D eigenvalue weighted by Crippen LogP contribution is 2.50. The molecule has 40 heavy (non-hydrogen) atoms. The number of fused-ring (bicyclic) bond motifs is 4. The highest BCUT2D eigenvalue weighted by molar-refractivity contribution is 7.24. The molecule has 0 N–H and O–H groups in total. The number of para-hydroxylation sites is 3. The molecule has 0 saturated carbocycles. The Labute approximate surface area is 235 Å². The summed E-state index contributed by atoms with van der Waals surface area (Å²) in [4.78, 5) is 11.2. The van der Waals surface area contributed by atoms with Crippen molar-refractivity contribution in [2.24, 2.45) is 0 Å². The molecule has 3 nitrogen and oxygen atoms in total. The van der Waals surface area contributed by atoms with Crippen molar-refractivity contribution in [2.45, 2.75) is 0 Å². The second kappa shape index (κ2) is 9.30. The molecule has 8 rings (SSSR count). The van der Waals surface area contributed by atoms with Gasteiger partial charge in [-0.1, -0.05) is 103 Å². The van der Waals surface area contributed by atoms with Crippen LogP contribution in [0.5, 0.6) is 0 Å². The third-order valence-electron chi connectivity index (χ3n) is 7.32. The van der Waals surface area contributed by atoms with Gasteiger partial charge in [0, 0.05) is 37.0 Å². The van der Waals surface area contributed by atoms with Crippen LogP contribution in [0.15, 0.2) is 138 Å². The van der Waals surface area contributed by atoms with Crippen molar-refractivity contribution in [3.05, 3.63) is 133 Å². The summed E-state index contributed by atoms with van der Waals surface area (Å²) in [6.45, 7) is 0. The van der Waals surface area contributed by atoms with Gasteiger partial charge in [-0.15, -0.1) is 11.3 Å². The van der Waals surface area contributed by atoms with Gasteiger partial charge >= 0.3 is 0 Å². The zero-order valence-electron chi connectivity index (χ0n) is 21.4. The number of pyridine rings is 1. The summed E-state index contributed by atoms with van der Waals surface area (Å²) in [6.07, 6.45) is 0. The van der Waals surface area contributed by atoms with Gasteiger partial charge in [0.2, 0.25) is 5.89 Å². The smallest absolute Gasteiger partial charge is 0.227 e. The second-order valence-corrected chi connectivity index (χ2v) is 10.8. The van der Waals surface area contributed by atoms with Crippen molar-refractivity contribution in [3.8, 4) is 44.3 Å². The van der Waals surface area contributed by atoms with Gasteiger partial charge in [-0.25, -0.2) is 9.97 Å². The van der Waals surface area contributed by atoms with Gasteiger partial charge in [0.15, 0.2) is 5.58 Å². The SMILES string of the molecule is c1ccc(-c2sc3c(c(-c4ccccc4)nc4ccccc43)c2-c2ccc(-c3nc4ccccc4o3)cc2)cc1. The van der Waals surface area contributed by atoms with Crippen LogP contribution in [0.3, 0.4) is 0 Å². The van der Waals surface area contributed by atoms with Crippen molar-refractivity contribution >= 4 is 43.4 Å². The maximum Gasteiger partial charge on any atom is 0.227 e. The molecule has 0 unspecified atom stereocenters. The Balaban J connectivity index is 1.41. The van der Waals surface area contributed by atoms with Crippen molar-refractivity contribution < 1.29 is 4.42 Å². The maximum atomic E-state index is 6.05. The monoisotopic (exact) mass is 530 g/mol. The number of aromatic nitrogens is 2. The van der Waals surface area contributed by atoms with Gasteiger partial charge in [0.25, 0.3) is 0 Å². The summed E-state index contributed by atoms with van der Waals surface area (Å²) in [7, 11) is 0. The summed E-state index contributed by atoms with van der Waals surface area (Å²) in [5, 5.41) is 2.36. The molecule has 0 aliphatic heterocycles. The van der Waals surface area contributed by atoms with E-state index in [0.717, 1.165) is 39.0 Å². The second-order valence-electron chi connectivity index (χ2n) is 9.78. The topological polar surface area (TPSA) is 38.9 Å². The average Bonchev–Trinajstić information content (AvgIpc) is 3.65. The highest BCUT2D eigenvalue weighted by Gasteiger charge is 2.22. The van der Waals surface area contributed by atoms with Crippen LogP contribution in [0, 0.1) is 0 Å². The van der Waals surface area contributed by atoms with Crippen molar-refractivity contribution in [1.29, 1.82) is 0 Å². The molecule has 0 aliphatic rings. The Bertz CT molecular complexity index is 2110. The minimum Gasteiger partial charge on any atom is -0.436 e. The van der Waals surface area contributed by atoms with E-state index in [9.17, 15) is 0 Å². The Hall–Kier alpha value is -5.06. The first-order valence-electron chi connectivity index (χ1n) is 13.3. The fourth-order valence-corrected chi connectivity index (χ4v) is 6.80. The van der Waals surface area contributed by atoms with Gasteiger partial charge in [0.05, 0.1) is 11.2 Å². The van der Waals surface area contributed by atoms with Crippen LogP contribution in [0.2, 0.25) is 0 Å². The molecule has 5 aromatic carbocycles. The van der Waals surface area contributed by atoms with E-state index in [1.807, 2.05) is 35.6 Å². The number of hydrogen-bond donors (Lipinski definition) is 0. The minimum atomic E-state index is 0.629. The lowest BCUT2D eigenvalue weighted by molar-refractivity contribution is 0.620. The Morgan fingerprint density at radius 3 is 1.88 bits per heavy atom. The van der Waals surface area contributed by atoms with Gasteiger partial charge in [-0.2, -0.15) is 0 Å². The summed E-state index contributed by atoms with van der Waals surface area (Å²) in [6, 6.07) is 46.1. The first-order valence-corrected chi connectivity index (χ1v) is 14.1. The normalized spacial score (nSPS) is 11.5. The standard InChI is InChI=1S/C36H22N2OS/c1-3-11-24(12-4-1)33-32-31(23-19-21-26(22-20-23)36-38-29-17-9-10-18-30(29)39-36)34(25-13-5-2-6-14-25)40-35(32)27-15-7-8-16-28(27)37-33/h1-22H.